The van der Waals surface area contributed by atoms with Crippen LogP contribution in [0.5, 0.6) is 0 Å². The van der Waals surface area contributed by atoms with E-state index in [0.717, 1.165) is 48.2 Å². The molecule has 162 valence electrons. The van der Waals surface area contributed by atoms with Gasteiger partial charge >= 0.3 is 0 Å². The Labute approximate surface area is 187 Å². The van der Waals surface area contributed by atoms with Crippen LogP contribution >= 0.6 is 0 Å². The molecule has 5 heteroatoms. The number of H-pyrrole nitrogens is 1. The van der Waals surface area contributed by atoms with Gasteiger partial charge in [0.15, 0.2) is 5.78 Å². The third kappa shape index (κ3) is 4.22. The van der Waals surface area contributed by atoms with E-state index in [1.165, 1.54) is 17.7 Å². The Kier molecular flexibility index (Phi) is 5.84. The lowest BCUT2D eigenvalue weighted by atomic mass is 9.96. The first-order valence-corrected chi connectivity index (χ1v) is 11.1. The molecule has 1 aliphatic rings. The molecule has 4 aromatic rings. The van der Waals surface area contributed by atoms with Crippen molar-refractivity contribution in [2.45, 2.75) is 6.04 Å². The summed E-state index contributed by atoms with van der Waals surface area (Å²) >= 11 is 0. The summed E-state index contributed by atoms with van der Waals surface area (Å²) in [5.41, 5.74) is 4.03. The van der Waals surface area contributed by atoms with E-state index in [0.29, 0.717) is 6.54 Å². The summed E-state index contributed by atoms with van der Waals surface area (Å²) in [6.45, 7) is 3.75. The van der Waals surface area contributed by atoms with Crippen molar-refractivity contribution in [3.8, 4) is 0 Å². The highest BCUT2D eigenvalue weighted by molar-refractivity contribution is 6.08. The summed E-state index contributed by atoms with van der Waals surface area (Å²) in [5, 5.41) is 0.983. The molecule has 0 amide bonds. The van der Waals surface area contributed by atoms with Gasteiger partial charge in [-0.3, -0.25) is 14.6 Å². The summed E-state index contributed by atoms with van der Waals surface area (Å²) in [7, 11) is 0. The Hall–Kier alpha value is -3.28. The zero-order valence-corrected chi connectivity index (χ0v) is 17.9. The summed E-state index contributed by atoms with van der Waals surface area (Å²) in [6.07, 6.45) is 1.82. The van der Waals surface area contributed by atoms with E-state index in [1.54, 1.807) is 0 Å². The number of rotatable bonds is 6. The second-order valence-electron chi connectivity index (χ2n) is 8.35. The van der Waals surface area contributed by atoms with Crippen molar-refractivity contribution in [2.75, 3.05) is 32.7 Å². The first kappa shape index (κ1) is 20.6. The number of Topliss-reactive ketones (excluding diaryl/α,β-unsaturated/α-hetero) is 1. The number of aromatic nitrogens is 1. The summed E-state index contributed by atoms with van der Waals surface area (Å²) in [6, 6.07) is 25.1. The van der Waals surface area contributed by atoms with Gasteiger partial charge in [0, 0.05) is 48.8 Å². The van der Waals surface area contributed by atoms with E-state index in [-0.39, 0.29) is 17.6 Å². The highest BCUT2D eigenvalue weighted by Crippen LogP contribution is 2.30. The van der Waals surface area contributed by atoms with Crippen molar-refractivity contribution in [1.82, 2.24) is 14.8 Å². The Morgan fingerprint density at radius 3 is 2.25 bits per heavy atom. The number of aromatic amines is 1. The molecule has 0 spiro atoms. The smallest absolute Gasteiger partial charge is 0.178 e. The number of para-hydroxylation sites is 1. The Morgan fingerprint density at radius 1 is 0.844 bits per heavy atom. The molecule has 0 bridgehead atoms. The fraction of sp³-hybridized carbons (Fsp3) is 0.222. The predicted molar refractivity (Wildman–Crippen MR) is 125 cm³/mol. The van der Waals surface area contributed by atoms with Crippen molar-refractivity contribution >= 4 is 16.7 Å². The van der Waals surface area contributed by atoms with Crippen molar-refractivity contribution in [2.24, 2.45) is 0 Å². The summed E-state index contributed by atoms with van der Waals surface area (Å²) < 4.78 is 13.5. The predicted octanol–water partition coefficient (Wildman–Crippen LogP) is 4.90. The normalized spacial score (nSPS) is 16.3. The highest BCUT2D eigenvalue weighted by atomic mass is 19.1. The number of hydrogen-bond acceptors (Lipinski definition) is 3. The zero-order chi connectivity index (χ0) is 21.9. The van der Waals surface area contributed by atoms with Gasteiger partial charge < -0.3 is 4.98 Å². The van der Waals surface area contributed by atoms with Gasteiger partial charge in [-0.1, -0.05) is 60.7 Å². The van der Waals surface area contributed by atoms with Gasteiger partial charge in [-0.05, 0) is 29.3 Å². The first-order valence-electron chi connectivity index (χ1n) is 11.1. The molecule has 1 unspecified atom stereocenters. The number of nitrogens with zero attached hydrogens (tertiary/aromatic N) is 2. The lowest BCUT2D eigenvalue weighted by Crippen LogP contribution is -2.49. The maximum Gasteiger partial charge on any atom is 0.178 e. The molecule has 0 saturated carbocycles. The Bertz CT molecular complexity index is 1190. The number of hydrogen-bond donors (Lipinski definition) is 1. The van der Waals surface area contributed by atoms with E-state index >= 15 is 0 Å². The number of benzene rings is 3. The van der Waals surface area contributed by atoms with Crippen molar-refractivity contribution < 1.29 is 9.18 Å². The molecule has 1 saturated heterocycles. The minimum Gasteiger partial charge on any atom is -0.360 e. The number of carbonyl (C=O) groups excluding carboxylic acids is 1. The van der Waals surface area contributed by atoms with Gasteiger partial charge in [0.25, 0.3) is 0 Å². The molecule has 1 fully saturated rings. The average Bonchev–Trinajstić information content (AvgIpc) is 3.27. The molecule has 4 nitrogen and oxygen atoms in total. The van der Waals surface area contributed by atoms with Gasteiger partial charge in [0.2, 0.25) is 0 Å². The Morgan fingerprint density at radius 2 is 1.50 bits per heavy atom. The van der Waals surface area contributed by atoms with Crippen LogP contribution in [0, 0.1) is 5.82 Å². The third-order valence-electron chi connectivity index (χ3n) is 6.33. The molecule has 1 aliphatic heterocycles. The number of carbonyl (C=O) groups is 1. The lowest BCUT2D eigenvalue weighted by Gasteiger charge is -2.39. The largest absolute Gasteiger partial charge is 0.360 e. The van der Waals surface area contributed by atoms with E-state index in [1.807, 2.05) is 60.8 Å². The topological polar surface area (TPSA) is 39.3 Å². The molecule has 32 heavy (non-hydrogen) atoms. The van der Waals surface area contributed by atoms with Crippen LogP contribution in [-0.4, -0.2) is 53.3 Å². The number of fused-ring (bicyclic) bond motifs is 1. The maximum absolute atomic E-state index is 13.5. The molecule has 5 rings (SSSR count). The molecule has 1 atom stereocenters. The van der Waals surface area contributed by atoms with E-state index in [4.69, 9.17) is 0 Å². The lowest BCUT2D eigenvalue weighted by molar-refractivity contribution is 0.0809. The van der Waals surface area contributed by atoms with Crippen molar-refractivity contribution in [3.63, 3.8) is 0 Å². The molecule has 1 N–H and O–H groups in total. The number of piperazine rings is 1. The second kappa shape index (κ2) is 9.07. The molecule has 3 aromatic carbocycles. The van der Waals surface area contributed by atoms with E-state index in [9.17, 15) is 9.18 Å². The molecule has 0 radical (unpaired) electrons. The highest BCUT2D eigenvalue weighted by Gasteiger charge is 2.27. The first-order chi connectivity index (χ1) is 15.7. The SMILES string of the molecule is O=C(CN1CCN(C(c2ccccc2)c2ccc(F)cc2)CC1)c1c[nH]c2ccccc12. The fourth-order valence-electron chi connectivity index (χ4n) is 4.66. The van der Waals surface area contributed by atoms with Gasteiger partial charge in [-0.25, -0.2) is 4.39 Å². The van der Waals surface area contributed by atoms with Crippen molar-refractivity contribution in [1.29, 1.82) is 0 Å². The number of halogens is 1. The van der Waals surface area contributed by atoms with Crippen LogP contribution in [-0.2, 0) is 0 Å². The van der Waals surface area contributed by atoms with Crippen molar-refractivity contribution in [3.05, 3.63) is 108 Å². The molecule has 1 aromatic heterocycles. The van der Waals surface area contributed by atoms with Crippen LogP contribution in [0.2, 0.25) is 0 Å². The molecular formula is C27H26FN3O. The molecular weight excluding hydrogens is 401 g/mol. The minimum absolute atomic E-state index is 0.0725. The minimum atomic E-state index is -0.221. The zero-order valence-electron chi connectivity index (χ0n) is 17.9. The van der Waals surface area contributed by atoms with Crippen LogP contribution in [0.1, 0.15) is 27.5 Å². The van der Waals surface area contributed by atoms with Crippen LogP contribution in [0.15, 0.2) is 85.1 Å². The monoisotopic (exact) mass is 427 g/mol. The van der Waals surface area contributed by atoms with Gasteiger partial charge in [-0.15, -0.1) is 0 Å². The fourth-order valence-corrected chi connectivity index (χ4v) is 4.66. The second-order valence-corrected chi connectivity index (χ2v) is 8.35. The van der Waals surface area contributed by atoms with Gasteiger partial charge in [0.1, 0.15) is 5.82 Å². The maximum atomic E-state index is 13.5. The number of nitrogens with one attached hydrogen (secondary N) is 1. The molecule has 2 heterocycles. The quantitative estimate of drug-likeness (QED) is 0.445. The van der Waals surface area contributed by atoms with Gasteiger partial charge in [0.05, 0.1) is 12.6 Å². The van der Waals surface area contributed by atoms with Crippen LogP contribution < -0.4 is 0 Å². The third-order valence-corrected chi connectivity index (χ3v) is 6.33. The van der Waals surface area contributed by atoms with Crippen LogP contribution in [0.4, 0.5) is 4.39 Å². The van der Waals surface area contributed by atoms with E-state index < -0.39 is 0 Å². The van der Waals surface area contributed by atoms with Crippen LogP contribution in [0.25, 0.3) is 10.9 Å². The summed E-state index contributed by atoms with van der Waals surface area (Å²) in [4.78, 5) is 20.8. The van der Waals surface area contributed by atoms with E-state index in [2.05, 4.69) is 26.9 Å². The summed E-state index contributed by atoms with van der Waals surface area (Å²) in [5.74, 6) is -0.0739. The standard InChI is InChI=1S/C27H26FN3O/c28-22-12-10-21(11-13-22)27(20-6-2-1-3-7-20)31-16-14-30(15-17-31)19-26(32)24-18-29-25-9-5-4-8-23(24)25/h1-13,18,27,29H,14-17,19H2. The number of ketones is 1. The van der Waals surface area contributed by atoms with Crippen LogP contribution in [0.3, 0.4) is 0 Å². The molecule has 0 aliphatic carbocycles. The van der Waals surface area contributed by atoms with Gasteiger partial charge in [-0.2, -0.15) is 0 Å². The average molecular weight is 428 g/mol. The Balaban J connectivity index is 1.29.